The lowest BCUT2D eigenvalue weighted by Crippen LogP contribution is -2.38. The summed E-state index contributed by atoms with van der Waals surface area (Å²) in [5.41, 5.74) is 1.56. The number of ether oxygens (including phenoxy) is 1. The predicted molar refractivity (Wildman–Crippen MR) is 109 cm³/mol. The van der Waals surface area contributed by atoms with Crippen molar-refractivity contribution in [2.24, 2.45) is 5.92 Å². The van der Waals surface area contributed by atoms with E-state index in [0.29, 0.717) is 30.8 Å². The van der Waals surface area contributed by atoms with Gasteiger partial charge in [0.15, 0.2) is 5.16 Å². The zero-order valence-electron chi connectivity index (χ0n) is 16.5. The van der Waals surface area contributed by atoms with Gasteiger partial charge in [0.25, 0.3) is 0 Å². The van der Waals surface area contributed by atoms with E-state index in [0.717, 1.165) is 42.0 Å². The Labute approximate surface area is 173 Å². The van der Waals surface area contributed by atoms with E-state index in [1.165, 1.54) is 12.1 Å². The van der Waals surface area contributed by atoms with Crippen molar-refractivity contribution in [1.82, 2.24) is 19.7 Å². The lowest BCUT2D eigenvalue weighted by Gasteiger charge is -2.28. The Hall–Kier alpha value is -2.39. The molecule has 9 heteroatoms. The van der Waals surface area contributed by atoms with Gasteiger partial charge in [-0.05, 0) is 30.2 Å². The van der Waals surface area contributed by atoms with Crippen LogP contribution in [0.15, 0.2) is 40.1 Å². The zero-order valence-corrected chi connectivity index (χ0v) is 17.4. The SMILES string of the molecule is CC(C)Cn1c(SCc2coc(-c3ccc(F)cc3)n2)nnc1N1CCOCC1. The van der Waals surface area contributed by atoms with E-state index < -0.39 is 0 Å². The maximum Gasteiger partial charge on any atom is 0.228 e. The average molecular weight is 418 g/mol. The molecule has 4 rings (SSSR count). The second-order valence-electron chi connectivity index (χ2n) is 7.33. The average Bonchev–Trinajstić information content (AvgIpc) is 3.34. The third-order valence-electron chi connectivity index (χ3n) is 4.53. The topological polar surface area (TPSA) is 69.2 Å². The van der Waals surface area contributed by atoms with Gasteiger partial charge in [-0.2, -0.15) is 0 Å². The van der Waals surface area contributed by atoms with Gasteiger partial charge in [0.1, 0.15) is 12.1 Å². The van der Waals surface area contributed by atoms with E-state index in [9.17, 15) is 4.39 Å². The molecule has 1 fully saturated rings. The first-order valence-electron chi connectivity index (χ1n) is 9.69. The second kappa shape index (κ2) is 8.96. The molecule has 7 nitrogen and oxygen atoms in total. The highest BCUT2D eigenvalue weighted by Gasteiger charge is 2.21. The van der Waals surface area contributed by atoms with E-state index in [1.54, 1.807) is 30.2 Å². The lowest BCUT2D eigenvalue weighted by molar-refractivity contribution is 0.121. The fraction of sp³-hybridized carbons (Fsp3) is 0.450. The van der Waals surface area contributed by atoms with Crippen LogP contribution in [0.5, 0.6) is 0 Å². The van der Waals surface area contributed by atoms with Crippen molar-refractivity contribution in [1.29, 1.82) is 0 Å². The summed E-state index contributed by atoms with van der Waals surface area (Å²) in [6.45, 7) is 8.29. The van der Waals surface area contributed by atoms with E-state index in [1.807, 2.05) is 0 Å². The van der Waals surface area contributed by atoms with Crippen LogP contribution in [0.1, 0.15) is 19.5 Å². The third kappa shape index (κ3) is 4.79. The Balaban J connectivity index is 1.48. The number of oxazole rings is 1. The highest BCUT2D eigenvalue weighted by atomic mass is 32.2. The molecule has 1 saturated heterocycles. The number of morpholine rings is 1. The molecule has 1 aromatic carbocycles. The number of hydrogen-bond donors (Lipinski definition) is 0. The maximum atomic E-state index is 13.1. The fourth-order valence-electron chi connectivity index (χ4n) is 3.15. The number of aromatic nitrogens is 4. The minimum absolute atomic E-state index is 0.281. The quantitative estimate of drug-likeness (QED) is 0.541. The van der Waals surface area contributed by atoms with Gasteiger partial charge in [0, 0.05) is 31.0 Å². The predicted octanol–water partition coefficient (Wildman–Crippen LogP) is 3.86. The number of anilines is 1. The van der Waals surface area contributed by atoms with E-state index in [-0.39, 0.29) is 5.82 Å². The van der Waals surface area contributed by atoms with Crippen molar-refractivity contribution in [3.63, 3.8) is 0 Å². The summed E-state index contributed by atoms with van der Waals surface area (Å²) in [6.07, 6.45) is 1.64. The molecule has 0 atom stereocenters. The summed E-state index contributed by atoms with van der Waals surface area (Å²) in [7, 11) is 0. The minimum atomic E-state index is -0.281. The summed E-state index contributed by atoms with van der Waals surface area (Å²) < 4.78 is 26.3. The Morgan fingerprint density at radius 1 is 1.14 bits per heavy atom. The van der Waals surface area contributed by atoms with Crippen LogP contribution in [0.25, 0.3) is 11.5 Å². The molecule has 0 aliphatic carbocycles. The first-order valence-corrected chi connectivity index (χ1v) is 10.7. The molecular weight excluding hydrogens is 393 g/mol. The van der Waals surface area contributed by atoms with Gasteiger partial charge >= 0.3 is 0 Å². The molecule has 0 spiro atoms. The number of thioether (sulfide) groups is 1. The molecule has 3 heterocycles. The fourth-order valence-corrected chi connectivity index (χ4v) is 3.97. The van der Waals surface area contributed by atoms with Crippen LogP contribution in [0.4, 0.5) is 10.3 Å². The van der Waals surface area contributed by atoms with Gasteiger partial charge in [0.05, 0.1) is 18.9 Å². The highest BCUT2D eigenvalue weighted by molar-refractivity contribution is 7.98. The Morgan fingerprint density at radius 2 is 1.90 bits per heavy atom. The van der Waals surface area contributed by atoms with Crippen LogP contribution in [-0.4, -0.2) is 46.1 Å². The summed E-state index contributed by atoms with van der Waals surface area (Å²) >= 11 is 1.59. The lowest BCUT2D eigenvalue weighted by atomic mass is 10.2. The van der Waals surface area contributed by atoms with Crippen LogP contribution in [0.3, 0.4) is 0 Å². The second-order valence-corrected chi connectivity index (χ2v) is 8.27. The van der Waals surface area contributed by atoms with Gasteiger partial charge in [-0.15, -0.1) is 10.2 Å². The molecule has 1 aliphatic heterocycles. The van der Waals surface area contributed by atoms with Crippen molar-refractivity contribution in [2.75, 3.05) is 31.2 Å². The van der Waals surface area contributed by atoms with Crippen LogP contribution < -0.4 is 4.90 Å². The van der Waals surface area contributed by atoms with Gasteiger partial charge in [0.2, 0.25) is 11.8 Å². The van der Waals surface area contributed by atoms with Crippen LogP contribution in [-0.2, 0) is 17.0 Å². The zero-order chi connectivity index (χ0) is 20.2. The molecule has 0 saturated carbocycles. The van der Waals surface area contributed by atoms with Crippen molar-refractivity contribution in [3.8, 4) is 11.5 Å². The number of halogens is 1. The van der Waals surface area contributed by atoms with Crippen LogP contribution >= 0.6 is 11.8 Å². The Morgan fingerprint density at radius 3 is 2.62 bits per heavy atom. The normalized spacial score (nSPS) is 14.7. The molecule has 2 aromatic heterocycles. The number of hydrogen-bond acceptors (Lipinski definition) is 7. The molecule has 1 aliphatic rings. The third-order valence-corrected chi connectivity index (χ3v) is 5.53. The largest absolute Gasteiger partial charge is 0.444 e. The first kappa shape index (κ1) is 19.9. The molecule has 29 heavy (non-hydrogen) atoms. The molecule has 0 bridgehead atoms. The van der Waals surface area contributed by atoms with E-state index >= 15 is 0 Å². The standard InChI is InChI=1S/C20H24FN5O2S/c1-14(2)11-26-19(25-7-9-27-10-8-25)23-24-20(26)29-13-17-12-28-18(22-17)15-3-5-16(21)6-4-15/h3-6,12,14H,7-11,13H2,1-2H3. The van der Waals surface area contributed by atoms with E-state index in [4.69, 9.17) is 9.15 Å². The summed E-state index contributed by atoms with van der Waals surface area (Å²) in [5, 5.41) is 9.74. The van der Waals surface area contributed by atoms with Crippen molar-refractivity contribution in [2.45, 2.75) is 31.3 Å². The number of benzene rings is 1. The minimum Gasteiger partial charge on any atom is -0.444 e. The summed E-state index contributed by atoms with van der Waals surface area (Å²) in [5.74, 6) is 2.19. The summed E-state index contributed by atoms with van der Waals surface area (Å²) in [6, 6.07) is 6.11. The molecular formula is C20H24FN5O2S. The smallest absolute Gasteiger partial charge is 0.228 e. The molecule has 0 radical (unpaired) electrons. The highest BCUT2D eigenvalue weighted by Crippen LogP contribution is 2.28. The summed E-state index contributed by atoms with van der Waals surface area (Å²) in [4.78, 5) is 6.75. The van der Waals surface area contributed by atoms with Crippen molar-refractivity contribution >= 4 is 17.7 Å². The van der Waals surface area contributed by atoms with Crippen LogP contribution in [0.2, 0.25) is 0 Å². The Kier molecular flexibility index (Phi) is 6.15. The Bertz CT molecular complexity index is 935. The van der Waals surface area contributed by atoms with Gasteiger partial charge < -0.3 is 14.1 Å². The first-order chi connectivity index (χ1) is 14.1. The monoisotopic (exact) mass is 417 g/mol. The molecule has 0 N–H and O–H groups in total. The van der Waals surface area contributed by atoms with Gasteiger partial charge in [-0.3, -0.25) is 4.57 Å². The maximum absolute atomic E-state index is 13.1. The molecule has 0 amide bonds. The van der Waals surface area contributed by atoms with Gasteiger partial charge in [-0.25, -0.2) is 9.37 Å². The van der Waals surface area contributed by atoms with Gasteiger partial charge in [-0.1, -0.05) is 25.6 Å². The van der Waals surface area contributed by atoms with E-state index in [2.05, 4.69) is 38.5 Å². The number of nitrogens with zero attached hydrogens (tertiary/aromatic N) is 5. The molecule has 154 valence electrons. The van der Waals surface area contributed by atoms with Crippen molar-refractivity contribution < 1.29 is 13.5 Å². The molecule has 0 unspecified atom stereocenters. The number of rotatable bonds is 7. The molecule has 3 aromatic rings. The van der Waals surface area contributed by atoms with Crippen LogP contribution in [0, 0.1) is 11.7 Å². The van der Waals surface area contributed by atoms with Crippen molar-refractivity contribution in [3.05, 3.63) is 42.0 Å².